The maximum atomic E-state index is 12.0. The summed E-state index contributed by atoms with van der Waals surface area (Å²) in [6.07, 6.45) is 0. The van der Waals surface area contributed by atoms with Gasteiger partial charge in [0, 0.05) is 5.02 Å². The predicted octanol–water partition coefficient (Wildman–Crippen LogP) is 2.15. The highest BCUT2D eigenvalue weighted by atomic mass is 79.9. The summed E-state index contributed by atoms with van der Waals surface area (Å²) in [4.78, 5) is 25.9. The molecule has 24 heavy (non-hydrogen) atoms. The van der Waals surface area contributed by atoms with Crippen LogP contribution in [0, 0.1) is 0 Å². The Morgan fingerprint density at radius 2 is 2.04 bits per heavy atom. The molecule has 0 bridgehead atoms. The van der Waals surface area contributed by atoms with Crippen molar-refractivity contribution in [2.45, 2.75) is 13.3 Å². The van der Waals surface area contributed by atoms with Crippen molar-refractivity contribution in [3.05, 3.63) is 59.2 Å². The van der Waals surface area contributed by atoms with Gasteiger partial charge in [-0.25, -0.2) is 4.79 Å². The third-order valence-electron chi connectivity index (χ3n) is 2.96. The first-order valence-electron chi connectivity index (χ1n) is 6.72. The highest BCUT2D eigenvalue weighted by Gasteiger charge is 2.14. The van der Waals surface area contributed by atoms with Crippen LogP contribution in [-0.4, -0.2) is 27.9 Å². The molecule has 10 heteroatoms. The van der Waals surface area contributed by atoms with Crippen LogP contribution in [-0.2, 0) is 18.1 Å². The molecule has 0 unspecified atom stereocenters. The third-order valence-corrected chi connectivity index (χ3v) is 4.31. The molecule has 0 aliphatic rings. The number of aromatic amines is 1. The largest absolute Gasteiger partial charge is 0.486 e. The van der Waals surface area contributed by atoms with Crippen molar-refractivity contribution < 1.29 is 14.6 Å². The lowest BCUT2D eigenvalue weighted by Gasteiger charge is -2.15. The fourth-order valence-corrected chi connectivity index (χ4v) is 2.72. The SMILES string of the molecule is O=c1[nH]c(=O)n(COCCO)c(COc2ccc(Cl)cc2Cl)c1Br. The lowest BCUT2D eigenvalue weighted by molar-refractivity contribution is 0.0424. The number of aliphatic hydroxyl groups excluding tert-OH is 1. The van der Waals surface area contributed by atoms with Crippen LogP contribution >= 0.6 is 39.1 Å². The Labute approximate surface area is 154 Å². The van der Waals surface area contributed by atoms with Crippen LogP contribution < -0.4 is 16.0 Å². The van der Waals surface area contributed by atoms with Crippen molar-refractivity contribution in [2.75, 3.05) is 13.2 Å². The van der Waals surface area contributed by atoms with Gasteiger partial charge in [-0.1, -0.05) is 23.2 Å². The van der Waals surface area contributed by atoms with Gasteiger partial charge in [0.1, 0.15) is 23.6 Å². The van der Waals surface area contributed by atoms with E-state index in [-0.39, 0.29) is 36.7 Å². The first kappa shape index (κ1) is 19.0. The van der Waals surface area contributed by atoms with Gasteiger partial charge in [-0.2, -0.15) is 0 Å². The number of halogens is 3. The van der Waals surface area contributed by atoms with Gasteiger partial charge in [0.05, 0.1) is 23.9 Å². The lowest BCUT2D eigenvalue weighted by atomic mass is 10.3. The molecule has 0 saturated heterocycles. The van der Waals surface area contributed by atoms with Gasteiger partial charge in [0.25, 0.3) is 5.56 Å². The molecule has 130 valence electrons. The zero-order chi connectivity index (χ0) is 17.7. The number of ether oxygens (including phenoxy) is 2. The third kappa shape index (κ3) is 4.61. The second-order valence-corrected chi connectivity index (χ2v) is 6.21. The molecular formula is C14H13BrCl2N2O5. The molecule has 1 aromatic heterocycles. The molecule has 2 rings (SSSR count). The summed E-state index contributed by atoms with van der Waals surface area (Å²) in [5.41, 5.74) is -0.964. The number of nitrogens with one attached hydrogen (secondary N) is 1. The average Bonchev–Trinajstić information content (AvgIpc) is 2.53. The molecule has 2 N–H and O–H groups in total. The predicted molar refractivity (Wildman–Crippen MR) is 92.9 cm³/mol. The number of nitrogens with zero attached hydrogens (tertiary/aromatic N) is 1. The van der Waals surface area contributed by atoms with E-state index in [9.17, 15) is 9.59 Å². The van der Waals surface area contributed by atoms with E-state index in [0.29, 0.717) is 15.8 Å². The Kier molecular flexibility index (Phi) is 6.88. The summed E-state index contributed by atoms with van der Waals surface area (Å²) in [6, 6.07) is 4.70. The summed E-state index contributed by atoms with van der Waals surface area (Å²) >= 11 is 15.0. The molecule has 0 saturated carbocycles. The highest BCUT2D eigenvalue weighted by molar-refractivity contribution is 9.10. The number of H-pyrrole nitrogens is 1. The number of aliphatic hydroxyl groups is 1. The van der Waals surface area contributed by atoms with E-state index in [4.69, 9.17) is 37.8 Å². The van der Waals surface area contributed by atoms with Crippen LogP contribution in [0.1, 0.15) is 5.69 Å². The van der Waals surface area contributed by atoms with Gasteiger partial charge in [-0.05, 0) is 34.1 Å². The van der Waals surface area contributed by atoms with Crippen molar-refractivity contribution >= 4 is 39.1 Å². The standard InChI is InChI=1S/C14H13BrCl2N2O5/c15-12-10(6-24-11-2-1-8(16)5-9(11)17)19(7-23-4-3-20)14(22)18-13(12)21/h1-2,5,20H,3-4,6-7H2,(H,18,21,22). The Balaban J connectivity index is 2.30. The van der Waals surface area contributed by atoms with Crippen LogP contribution in [0.15, 0.2) is 32.3 Å². The second-order valence-electron chi connectivity index (χ2n) is 4.57. The van der Waals surface area contributed by atoms with Crippen LogP contribution in [0.3, 0.4) is 0 Å². The molecule has 0 atom stereocenters. The number of hydrogen-bond acceptors (Lipinski definition) is 5. The number of benzene rings is 1. The summed E-state index contributed by atoms with van der Waals surface area (Å²) < 4.78 is 12.0. The van der Waals surface area contributed by atoms with Crippen LogP contribution in [0.25, 0.3) is 0 Å². The summed E-state index contributed by atoms with van der Waals surface area (Å²) in [5, 5.41) is 9.51. The van der Waals surface area contributed by atoms with Gasteiger partial charge < -0.3 is 14.6 Å². The van der Waals surface area contributed by atoms with E-state index >= 15 is 0 Å². The van der Waals surface area contributed by atoms with Gasteiger partial charge in [-0.15, -0.1) is 0 Å². The average molecular weight is 440 g/mol. The van der Waals surface area contributed by atoms with Crippen molar-refractivity contribution in [3.8, 4) is 5.75 Å². The Morgan fingerprint density at radius 1 is 1.29 bits per heavy atom. The van der Waals surface area contributed by atoms with Crippen molar-refractivity contribution in [1.29, 1.82) is 0 Å². The maximum Gasteiger partial charge on any atom is 0.330 e. The zero-order valence-electron chi connectivity index (χ0n) is 12.2. The second kappa shape index (κ2) is 8.68. The van der Waals surface area contributed by atoms with Gasteiger partial charge in [-0.3, -0.25) is 14.3 Å². The first-order chi connectivity index (χ1) is 11.4. The molecule has 0 radical (unpaired) electrons. The minimum atomic E-state index is -0.651. The molecular weight excluding hydrogens is 427 g/mol. The molecule has 0 amide bonds. The number of hydrogen-bond donors (Lipinski definition) is 2. The molecule has 1 aromatic carbocycles. The quantitative estimate of drug-likeness (QED) is 0.644. The van der Waals surface area contributed by atoms with Gasteiger partial charge in [0.15, 0.2) is 0 Å². The highest BCUT2D eigenvalue weighted by Crippen LogP contribution is 2.28. The van der Waals surface area contributed by atoms with Gasteiger partial charge in [0.2, 0.25) is 0 Å². The normalized spacial score (nSPS) is 10.8. The Hall–Kier alpha value is -1.32. The van der Waals surface area contributed by atoms with E-state index in [1.165, 1.54) is 10.6 Å². The summed E-state index contributed by atoms with van der Waals surface area (Å²) in [7, 11) is 0. The first-order valence-corrected chi connectivity index (χ1v) is 8.27. The topological polar surface area (TPSA) is 93.6 Å². The van der Waals surface area contributed by atoms with Gasteiger partial charge >= 0.3 is 5.69 Å². The van der Waals surface area contributed by atoms with Crippen molar-refractivity contribution in [3.63, 3.8) is 0 Å². The molecule has 2 aromatic rings. The minimum Gasteiger partial charge on any atom is -0.486 e. The van der Waals surface area contributed by atoms with E-state index in [1.54, 1.807) is 12.1 Å². The summed E-state index contributed by atoms with van der Waals surface area (Å²) in [6.45, 7) is -0.399. The number of rotatable bonds is 7. The van der Waals surface area contributed by atoms with Crippen LogP contribution in [0.2, 0.25) is 10.0 Å². The van der Waals surface area contributed by atoms with Crippen LogP contribution in [0.4, 0.5) is 0 Å². The molecule has 0 aliphatic heterocycles. The Bertz CT molecular complexity index is 837. The zero-order valence-corrected chi connectivity index (χ0v) is 15.3. The Morgan fingerprint density at radius 3 is 2.71 bits per heavy atom. The smallest absolute Gasteiger partial charge is 0.330 e. The number of aromatic nitrogens is 2. The van der Waals surface area contributed by atoms with E-state index < -0.39 is 11.2 Å². The molecule has 7 nitrogen and oxygen atoms in total. The lowest BCUT2D eigenvalue weighted by Crippen LogP contribution is -2.35. The summed E-state index contributed by atoms with van der Waals surface area (Å²) in [5.74, 6) is 0.350. The van der Waals surface area contributed by atoms with E-state index in [0.717, 1.165) is 0 Å². The van der Waals surface area contributed by atoms with E-state index in [1.807, 2.05) is 0 Å². The van der Waals surface area contributed by atoms with Crippen molar-refractivity contribution in [2.24, 2.45) is 0 Å². The molecule has 0 fully saturated rings. The molecule has 1 heterocycles. The fourth-order valence-electron chi connectivity index (χ4n) is 1.83. The van der Waals surface area contributed by atoms with Crippen molar-refractivity contribution in [1.82, 2.24) is 9.55 Å². The minimum absolute atomic E-state index is 0.0481. The molecule has 0 spiro atoms. The maximum absolute atomic E-state index is 12.0. The molecule has 0 aliphatic carbocycles. The fraction of sp³-hybridized carbons (Fsp3) is 0.286. The monoisotopic (exact) mass is 438 g/mol. The van der Waals surface area contributed by atoms with E-state index in [2.05, 4.69) is 20.9 Å². The van der Waals surface area contributed by atoms with Crippen LogP contribution in [0.5, 0.6) is 5.75 Å².